The van der Waals surface area contributed by atoms with E-state index in [2.05, 4.69) is 189 Å². The van der Waals surface area contributed by atoms with Gasteiger partial charge in [-0.25, -0.2) is 0 Å². The molecule has 0 radical (unpaired) electrons. The zero-order valence-electron chi connectivity index (χ0n) is 30.4. The molecule has 258 valence electrons. The first-order valence-electron chi connectivity index (χ1n) is 18.2. The van der Waals surface area contributed by atoms with Crippen LogP contribution in [0.5, 0.6) is 0 Å². The van der Waals surface area contributed by atoms with Gasteiger partial charge in [0.05, 0.1) is 0 Å². The molecular formula is C50H48N2. The lowest BCUT2D eigenvalue weighted by Gasteiger charge is -2.21. The summed E-state index contributed by atoms with van der Waals surface area (Å²) in [4.78, 5) is 0. The molecule has 2 N–H and O–H groups in total. The topological polar surface area (TPSA) is 24.1 Å². The molecule has 5 aromatic rings. The monoisotopic (exact) mass is 676 g/mol. The van der Waals surface area contributed by atoms with Crippen LogP contribution in [-0.4, -0.2) is 0 Å². The van der Waals surface area contributed by atoms with E-state index in [9.17, 15) is 0 Å². The molecule has 1 aliphatic rings. The molecule has 0 saturated heterocycles. The summed E-state index contributed by atoms with van der Waals surface area (Å²) in [5, 5.41) is 7.42. The molecular weight excluding hydrogens is 629 g/mol. The number of allylic oxidation sites excluding steroid dienone is 12. The number of hydrogen-bond acceptors (Lipinski definition) is 2. The van der Waals surface area contributed by atoms with Gasteiger partial charge in [0.15, 0.2) is 0 Å². The number of benzene rings is 5. The summed E-state index contributed by atoms with van der Waals surface area (Å²) in [6.45, 7) is 13.4. The fourth-order valence-electron chi connectivity index (χ4n) is 6.72. The van der Waals surface area contributed by atoms with E-state index in [4.69, 9.17) is 0 Å². The van der Waals surface area contributed by atoms with Crippen LogP contribution in [0.2, 0.25) is 0 Å². The fourth-order valence-corrected chi connectivity index (χ4v) is 6.72. The smallest absolute Gasteiger partial charge is 0.0463 e. The van der Waals surface area contributed by atoms with Gasteiger partial charge in [-0.3, -0.25) is 0 Å². The van der Waals surface area contributed by atoms with Crippen LogP contribution in [0.3, 0.4) is 0 Å². The molecule has 1 atom stereocenters. The van der Waals surface area contributed by atoms with Crippen molar-refractivity contribution in [2.75, 3.05) is 10.6 Å². The molecule has 0 fully saturated rings. The summed E-state index contributed by atoms with van der Waals surface area (Å²) in [5.74, 6) is 0.118. The maximum Gasteiger partial charge on any atom is 0.0463 e. The molecule has 6 rings (SSSR count). The molecule has 2 heteroatoms. The third-order valence-corrected chi connectivity index (χ3v) is 9.45. The predicted octanol–water partition coefficient (Wildman–Crippen LogP) is 14.3. The number of para-hydroxylation sites is 3. The Hall–Kier alpha value is -6.12. The van der Waals surface area contributed by atoms with Crippen LogP contribution in [0, 0.1) is 0 Å². The highest BCUT2D eigenvalue weighted by atomic mass is 14.9. The molecule has 52 heavy (non-hydrogen) atoms. The van der Waals surface area contributed by atoms with Gasteiger partial charge in [0.1, 0.15) is 0 Å². The van der Waals surface area contributed by atoms with Gasteiger partial charge in [-0.2, -0.15) is 0 Å². The zero-order valence-corrected chi connectivity index (χ0v) is 30.4. The van der Waals surface area contributed by atoms with Crippen LogP contribution >= 0.6 is 0 Å². The molecule has 1 aliphatic carbocycles. The SMILES string of the molecule is C=C(/C=C\C(=CC)c1ccccc1)c1cc(C(/C=C\C)CC(=C)c2ccccc2Nc2ccccc2C2=CCCC=C2)ccc1Nc1ccccc1. The lowest BCUT2D eigenvalue weighted by atomic mass is 9.87. The minimum absolute atomic E-state index is 0.118. The molecule has 5 aromatic carbocycles. The third kappa shape index (κ3) is 8.96. The van der Waals surface area contributed by atoms with Gasteiger partial charge in [0, 0.05) is 45.4 Å². The Morgan fingerprint density at radius 2 is 1.38 bits per heavy atom. The Bertz CT molecular complexity index is 2160. The summed E-state index contributed by atoms with van der Waals surface area (Å²) in [6.07, 6.45) is 20.6. The lowest BCUT2D eigenvalue weighted by molar-refractivity contribution is 0.875. The maximum atomic E-state index is 4.66. The lowest BCUT2D eigenvalue weighted by Crippen LogP contribution is -2.03. The third-order valence-electron chi connectivity index (χ3n) is 9.45. The van der Waals surface area contributed by atoms with Gasteiger partial charge in [-0.15, -0.1) is 0 Å². The van der Waals surface area contributed by atoms with Gasteiger partial charge < -0.3 is 10.6 Å². The average Bonchev–Trinajstić information content (AvgIpc) is 3.19. The zero-order chi connectivity index (χ0) is 36.1. The van der Waals surface area contributed by atoms with Crippen molar-refractivity contribution in [3.05, 3.63) is 217 Å². The van der Waals surface area contributed by atoms with Crippen molar-refractivity contribution >= 4 is 45.0 Å². The predicted molar refractivity (Wildman–Crippen MR) is 228 cm³/mol. The van der Waals surface area contributed by atoms with Crippen molar-refractivity contribution in [1.82, 2.24) is 0 Å². The van der Waals surface area contributed by atoms with Crippen molar-refractivity contribution in [2.24, 2.45) is 0 Å². The quantitative estimate of drug-likeness (QED) is 0.0903. The van der Waals surface area contributed by atoms with Crippen LogP contribution in [-0.2, 0) is 0 Å². The van der Waals surface area contributed by atoms with Crippen LogP contribution in [0.4, 0.5) is 22.7 Å². The highest BCUT2D eigenvalue weighted by molar-refractivity contribution is 5.88. The Labute approximate surface area is 310 Å². The first-order valence-corrected chi connectivity index (χ1v) is 18.2. The second kappa shape index (κ2) is 17.7. The van der Waals surface area contributed by atoms with E-state index in [-0.39, 0.29) is 5.92 Å². The summed E-state index contributed by atoms with van der Waals surface area (Å²) in [5.41, 5.74) is 14.4. The molecule has 0 amide bonds. The standard InChI is InChI=1S/C50H48N2/c1-5-20-42(35-38(4)45-27-16-18-29-48(45)52-49-30-19-17-28-46(49)41-23-12-8-13-24-41)43-33-34-50(51-44-25-14-9-15-26-44)47(36-43)37(3)31-32-39(6-2)40-21-10-7-11-22-40/h5-7,9-12,14-34,36,42,51-52H,3-4,8,13,35H2,1-2H3/b20-5-,32-31-,39-6?. The molecule has 0 aromatic heterocycles. The fraction of sp³-hybridized carbons (Fsp3) is 0.120. The maximum absolute atomic E-state index is 4.66. The number of nitrogens with one attached hydrogen (secondary N) is 2. The second-order valence-corrected chi connectivity index (χ2v) is 13.1. The molecule has 0 saturated carbocycles. The number of rotatable bonds is 14. The molecule has 1 unspecified atom stereocenters. The number of anilines is 4. The van der Waals surface area contributed by atoms with Gasteiger partial charge in [0.2, 0.25) is 0 Å². The van der Waals surface area contributed by atoms with E-state index in [0.717, 1.165) is 69.9 Å². The van der Waals surface area contributed by atoms with Crippen molar-refractivity contribution in [2.45, 2.75) is 39.0 Å². The first kappa shape index (κ1) is 35.7. The normalized spacial score (nSPS) is 13.6. The van der Waals surface area contributed by atoms with Crippen molar-refractivity contribution in [1.29, 1.82) is 0 Å². The van der Waals surface area contributed by atoms with Crippen LogP contribution < -0.4 is 10.6 Å². The van der Waals surface area contributed by atoms with Crippen LogP contribution in [0.1, 0.15) is 66.8 Å². The highest BCUT2D eigenvalue weighted by Gasteiger charge is 2.17. The minimum atomic E-state index is 0.118. The summed E-state index contributed by atoms with van der Waals surface area (Å²) in [7, 11) is 0. The second-order valence-electron chi connectivity index (χ2n) is 13.1. The number of hydrogen-bond donors (Lipinski definition) is 2. The first-order chi connectivity index (χ1) is 25.5. The van der Waals surface area contributed by atoms with Gasteiger partial charge >= 0.3 is 0 Å². The summed E-state index contributed by atoms with van der Waals surface area (Å²) < 4.78 is 0. The summed E-state index contributed by atoms with van der Waals surface area (Å²) in [6, 6.07) is 44.6. The van der Waals surface area contributed by atoms with Crippen LogP contribution in [0.25, 0.3) is 22.3 Å². The van der Waals surface area contributed by atoms with E-state index in [1.165, 1.54) is 22.3 Å². The Morgan fingerprint density at radius 1 is 0.692 bits per heavy atom. The Balaban J connectivity index is 1.29. The Kier molecular flexibility index (Phi) is 12.1. The molecule has 0 spiro atoms. The van der Waals surface area contributed by atoms with Crippen molar-refractivity contribution < 1.29 is 0 Å². The summed E-state index contributed by atoms with van der Waals surface area (Å²) >= 11 is 0. The highest BCUT2D eigenvalue weighted by Crippen LogP contribution is 2.38. The van der Waals surface area contributed by atoms with E-state index in [0.29, 0.717) is 0 Å². The van der Waals surface area contributed by atoms with E-state index < -0.39 is 0 Å². The average molecular weight is 677 g/mol. The molecule has 0 bridgehead atoms. The molecule has 0 aliphatic heterocycles. The molecule has 2 nitrogen and oxygen atoms in total. The Morgan fingerprint density at radius 3 is 2.12 bits per heavy atom. The van der Waals surface area contributed by atoms with Crippen molar-refractivity contribution in [3.8, 4) is 0 Å². The van der Waals surface area contributed by atoms with Gasteiger partial charge in [0.25, 0.3) is 0 Å². The van der Waals surface area contributed by atoms with E-state index in [1.54, 1.807) is 0 Å². The van der Waals surface area contributed by atoms with E-state index in [1.807, 2.05) is 24.3 Å². The van der Waals surface area contributed by atoms with E-state index >= 15 is 0 Å². The van der Waals surface area contributed by atoms with Crippen molar-refractivity contribution in [3.63, 3.8) is 0 Å². The van der Waals surface area contributed by atoms with Crippen LogP contribution in [0.15, 0.2) is 189 Å². The largest absolute Gasteiger partial charge is 0.355 e. The molecule has 0 heterocycles. The minimum Gasteiger partial charge on any atom is -0.355 e. The van der Waals surface area contributed by atoms with Gasteiger partial charge in [-0.05, 0) is 103 Å². The van der Waals surface area contributed by atoms with Gasteiger partial charge in [-0.1, -0.05) is 153 Å².